The van der Waals surface area contributed by atoms with Gasteiger partial charge < -0.3 is 4.98 Å². The van der Waals surface area contributed by atoms with E-state index in [1.165, 1.54) is 10.5 Å². The van der Waals surface area contributed by atoms with Crippen LogP contribution in [0.15, 0.2) is 51.8 Å². The van der Waals surface area contributed by atoms with Crippen LogP contribution in [-0.4, -0.2) is 9.97 Å². The number of rotatable bonds is 3. The molecule has 3 rings (SSSR count). The highest BCUT2D eigenvalue weighted by atomic mass is 79.9. The Kier molecular flexibility index (Phi) is 3.62. The Bertz CT molecular complexity index is 707. The number of fused-ring (bicyclic) bond motifs is 1. The molecular formula is C15H13BrN2S. The Morgan fingerprint density at radius 2 is 2.00 bits per heavy atom. The second-order valence-corrected chi connectivity index (χ2v) is 6.37. The normalized spacial score (nSPS) is 11.1. The minimum absolute atomic E-state index is 0.857. The molecule has 0 fully saturated rings. The zero-order valence-electron chi connectivity index (χ0n) is 10.5. The van der Waals surface area contributed by atoms with E-state index in [-0.39, 0.29) is 0 Å². The number of benzene rings is 2. The fraction of sp³-hybridized carbons (Fsp3) is 0.133. The summed E-state index contributed by atoms with van der Waals surface area (Å²) in [6.45, 7) is 2.09. The van der Waals surface area contributed by atoms with Gasteiger partial charge in [-0.2, -0.15) is 0 Å². The molecule has 4 heteroatoms. The van der Waals surface area contributed by atoms with Gasteiger partial charge in [0.15, 0.2) is 0 Å². The van der Waals surface area contributed by atoms with Crippen LogP contribution in [0.1, 0.15) is 11.4 Å². The zero-order chi connectivity index (χ0) is 13.2. The Morgan fingerprint density at radius 1 is 1.21 bits per heavy atom. The van der Waals surface area contributed by atoms with Gasteiger partial charge in [0.2, 0.25) is 0 Å². The average molecular weight is 333 g/mol. The summed E-state index contributed by atoms with van der Waals surface area (Å²) in [5.41, 5.74) is 3.35. The SMILES string of the molecule is Cc1cc(Br)cc2[nH]c(CSc3ccccc3)nc12. The van der Waals surface area contributed by atoms with Gasteiger partial charge in [0.1, 0.15) is 5.82 Å². The fourth-order valence-corrected chi connectivity index (χ4v) is 3.40. The van der Waals surface area contributed by atoms with Crippen LogP contribution in [0.2, 0.25) is 0 Å². The second-order valence-electron chi connectivity index (χ2n) is 4.40. The summed E-state index contributed by atoms with van der Waals surface area (Å²) < 4.78 is 1.09. The Hall–Kier alpha value is -1.26. The van der Waals surface area contributed by atoms with Gasteiger partial charge in [0.25, 0.3) is 0 Å². The molecule has 19 heavy (non-hydrogen) atoms. The molecule has 0 aliphatic rings. The Balaban J connectivity index is 1.84. The van der Waals surface area contributed by atoms with Crippen molar-refractivity contribution in [3.05, 3.63) is 58.3 Å². The smallest absolute Gasteiger partial charge is 0.117 e. The molecule has 0 aliphatic carbocycles. The number of aromatic amines is 1. The van der Waals surface area contributed by atoms with E-state index in [9.17, 15) is 0 Å². The van der Waals surface area contributed by atoms with Gasteiger partial charge in [-0.05, 0) is 36.8 Å². The number of imidazole rings is 1. The first kappa shape index (κ1) is 12.8. The van der Waals surface area contributed by atoms with E-state index in [1.807, 2.05) is 6.07 Å². The highest BCUT2D eigenvalue weighted by Crippen LogP contribution is 2.25. The number of thioether (sulfide) groups is 1. The van der Waals surface area contributed by atoms with Crippen LogP contribution < -0.4 is 0 Å². The van der Waals surface area contributed by atoms with Gasteiger partial charge in [-0.1, -0.05) is 34.1 Å². The number of nitrogens with zero attached hydrogens (tertiary/aromatic N) is 1. The van der Waals surface area contributed by atoms with Crippen molar-refractivity contribution < 1.29 is 0 Å². The molecular weight excluding hydrogens is 320 g/mol. The maximum Gasteiger partial charge on any atom is 0.117 e. The predicted octanol–water partition coefficient (Wildman–Crippen LogP) is 4.93. The molecule has 96 valence electrons. The average Bonchev–Trinajstić information content (AvgIpc) is 2.81. The first-order chi connectivity index (χ1) is 9.22. The minimum Gasteiger partial charge on any atom is -0.341 e. The van der Waals surface area contributed by atoms with Crippen LogP contribution in [0, 0.1) is 6.92 Å². The molecule has 0 atom stereocenters. The second kappa shape index (κ2) is 5.39. The summed E-state index contributed by atoms with van der Waals surface area (Å²) >= 11 is 5.31. The van der Waals surface area contributed by atoms with Crippen molar-refractivity contribution in [3.63, 3.8) is 0 Å². The molecule has 1 aromatic heterocycles. The van der Waals surface area contributed by atoms with Crippen molar-refractivity contribution in [1.82, 2.24) is 9.97 Å². The summed E-state index contributed by atoms with van der Waals surface area (Å²) in [7, 11) is 0. The molecule has 2 aromatic carbocycles. The van der Waals surface area contributed by atoms with Crippen molar-refractivity contribution in [1.29, 1.82) is 0 Å². The van der Waals surface area contributed by atoms with Crippen LogP contribution in [0.3, 0.4) is 0 Å². The van der Waals surface area contributed by atoms with Crippen molar-refractivity contribution in [2.24, 2.45) is 0 Å². The largest absolute Gasteiger partial charge is 0.341 e. The molecule has 2 nitrogen and oxygen atoms in total. The number of hydrogen-bond acceptors (Lipinski definition) is 2. The molecule has 0 spiro atoms. The van der Waals surface area contributed by atoms with Gasteiger partial charge in [0, 0.05) is 9.37 Å². The molecule has 0 amide bonds. The number of nitrogens with one attached hydrogen (secondary N) is 1. The van der Waals surface area contributed by atoms with Crippen LogP contribution in [-0.2, 0) is 5.75 Å². The lowest BCUT2D eigenvalue weighted by molar-refractivity contribution is 1.14. The first-order valence-electron chi connectivity index (χ1n) is 6.05. The van der Waals surface area contributed by atoms with E-state index in [4.69, 9.17) is 0 Å². The van der Waals surface area contributed by atoms with Gasteiger partial charge in [-0.25, -0.2) is 4.98 Å². The zero-order valence-corrected chi connectivity index (χ0v) is 12.9. The quantitative estimate of drug-likeness (QED) is 0.689. The van der Waals surface area contributed by atoms with Gasteiger partial charge >= 0.3 is 0 Å². The lowest BCUT2D eigenvalue weighted by Gasteiger charge is -1.97. The molecule has 1 heterocycles. The Morgan fingerprint density at radius 3 is 2.79 bits per heavy atom. The topological polar surface area (TPSA) is 28.7 Å². The lowest BCUT2D eigenvalue weighted by Crippen LogP contribution is -1.83. The van der Waals surface area contributed by atoms with E-state index in [0.717, 1.165) is 27.1 Å². The van der Waals surface area contributed by atoms with Crippen LogP contribution in [0.5, 0.6) is 0 Å². The maximum atomic E-state index is 4.67. The summed E-state index contributed by atoms with van der Waals surface area (Å²) in [6, 6.07) is 14.6. The van der Waals surface area contributed by atoms with Gasteiger partial charge in [-0.15, -0.1) is 11.8 Å². The third kappa shape index (κ3) is 2.85. The standard InChI is InChI=1S/C15H13BrN2S/c1-10-7-11(16)8-13-15(10)18-14(17-13)9-19-12-5-3-2-4-6-12/h2-8H,9H2,1H3,(H,17,18). The predicted molar refractivity (Wildman–Crippen MR) is 84.5 cm³/mol. The van der Waals surface area contributed by atoms with E-state index < -0.39 is 0 Å². The molecule has 0 radical (unpaired) electrons. The monoisotopic (exact) mass is 332 g/mol. The molecule has 0 unspecified atom stereocenters. The molecule has 1 N–H and O–H groups in total. The van der Waals surface area contributed by atoms with E-state index in [0.29, 0.717) is 0 Å². The number of aryl methyl sites for hydroxylation is 1. The van der Waals surface area contributed by atoms with E-state index in [1.54, 1.807) is 11.8 Å². The van der Waals surface area contributed by atoms with Crippen molar-refractivity contribution in [2.75, 3.05) is 0 Å². The number of H-pyrrole nitrogens is 1. The first-order valence-corrected chi connectivity index (χ1v) is 7.83. The fourth-order valence-electron chi connectivity index (χ4n) is 2.03. The molecule has 0 aliphatic heterocycles. The van der Waals surface area contributed by atoms with E-state index in [2.05, 4.69) is 69.2 Å². The maximum absolute atomic E-state index is 4.67. The lowest BCUT2D eigenvalue weighted by atomic mass is 10.2. The summed E-state index contributed by atoms with van der Waals surface area (Å²) in [5, 5.41) is 0. The number of hydrogen-bond donors (Lipinski definition) is 1. The van der Waals surface area contributed by atoms with Crippen LogP contribution >= 0.6 is 27.7 Å². The van der Waals surface area contributed by atoms with Crippen LogP contribution in [0.25, 0.3) is 11.0 Å². The third-order valence-corrected chi connectivity index (χ3v) is 4.39. The minimum atomic E-state index is 0.857. The van der Waals surface area contributed by atoms with Crippen molar-refractivity contribution in [3.8, 4) is 0 Å². The van der Waals surface area contributed by atoms with Gasteiger partial charge in [-0.3, -0.25) is 0 Å². The number of aromatic nitrogens is 2. The number of halogens is 1. The van der Waals surface area contributed by atoms with Crippen molar-refractivity contribution >= 4 is 38.7 Å². The summed E-state index contributed by atoms with van der Waals surface area (Å²) in [4.78, 5) is 9.32. The van der Waals surface area contributed by atoms with Gasteiger partial charge in [0.05, 0.1) is 16.8 Å². The summed E-state index contributed by atoms with van der Waals surface area (Å²) in [5.74, 6) is 1.88. The summed E-state index contributed by atoms with van der Waals surface area (Å²) in [6.07, 6.45) is 0. The third-order valence-electron chi connectivity index (χ3n) is 2.91. The molecule has 3 aromatic rings. The van der Waals surface area contributed by atoms with E-state index >= 15 is 0 Å². The molecule has 0 saturated heterocycles. The molecule has 0 bridgehead atoms. The molecule has 0 saturated carbocycles. The van der Waals surface area contributed by atoms with Crippen LogP contribution in [0.4, 0.5) is 0 Å². The Labute approximate surface area is 124 Å². The highest BCUT2D eigenvalue weighted by molar-refractivity contribution is 9.10. The van der Waals surface area contributed by atoms with Crippen molar-refractivity contribution in [2.45, 2.75) is 17.6 Å². The highest BCUT2D eigenvalue weighted by Gasteiger charge is 2.06.